The molecule has 0 saturated heterocycles. The summed E-state index contributed by atoms with van der Waals surface area (Å²) in [7, 11) is 0. The molecule has 1 saturated carbocycles. The number of nitrogens with one attached hydrogen (secondary N) is 1. The minimum Gasteiger partial charge on any atom is -0.391 e. The number of carbonyl (C=O) groups excluding carboxylic acids is 1. The molecule has 0 radical (unpaired) electrons. The van der Waals surface area contributed by atoms with E-state index in [0.717, 1.165) is 17.8 Å². The van der Waals surface area contributed by atoms with Gasteiger partial charge < -0.3 is 16.2 Å². The minimum absolute atomic E-state index is 0. The lowest BCUT2D eigenvalue weighted by Crippen LogP contribution is -2.44. The Labute approximate surface area is 124 Å². The van der Waals surface area contributed by atoms with Gasteiger partial charge >= 0.3 is 0 Å². The summed E-state index contributed by atoms with van der Waals surface area (Å²) in [4.78, 5) is 20.3. The van der Waals surface area contributed by atoms with Crippen molar-refractivity contribution in [2.24, 2.45) is 11.7 Å². The highest BCUT2D eigenvalue weighted by Gasteiger charge is 2.30. The molecule has 20 heavy (non-hydrogen) atoms. The van der Waals surface area contributed by atoms with Crippen molar-refractivity contribution < 1.29 is 9.90 Å². The van der Waals surface area contributed by atoms with Crippen molar-refractivity contribution in [1.29, 1.82) is 0 Å². The zero-order valence-corrected chi connectivity index (χ0v) is 12.3. The van der Waals surface area contributed by atoms with Crippen molar-refractivity contribution in [2.45, 2.75) is 44.9 Å². The molecular weight excluding hydrogens is 280 g/mol. The number of nitrogens with zero attached hydrogens (tertiary/aromatic N) is 2. The number of aliphatic hydroxyl groups excluding tert-OH is 1. The second-order valence-electron chi connectivity index (χ2n) is 5.11. The Morgan fingerprint density at radius 3 is 2.80 bits per heavy atom. The number of amides is 1. The van der Waals surface area contributed by atoms with Gasteiger partial charge in [-0.05, 0) is 26.2 Å². The van der Waals surface area contributed by atoms with Gasteiger partial charge in [-0.1, -0.05) is 0 Å². The summed E-state index contributed by atoms with van der Waals surface area (Å²) in [5.41, 5.74) is 7.30. The van der Waals surface area contributed by atoms with Crippen LogP contribution in [0.15, 0.2) is 12.4 Å². The van der Waals surface area contributed by atoms with Gasteiger partial charge in [0.05, 0.1) is 30.2 Å². The summed E-state index contributed by atoms with van der Waals surface area (Å²) in [6.07, 6.45) is 4.59. The van der Waals surface area contributed by atoms with E-state index in [2.05, 4.69) is 15.3 Å². The highest BCUT2D eigenvalue weighted by molar-refractivity contribution is 5.85. The van der Waals surface area contributed by atoms with Gasteiger partial charge in [0.25, 0.3) is 0 Å². The molecule has 1 aromatic heterocycles. The number of aliphatic hydroxyl groups is 1. The summed E-state index contributed by atoms with van der Waals surface area (Å²) in [6, 6.07) is -0.202. The average Bonchev–Trinajstić information content (AvgIpc) is 2.41. The Hall–Kier alpha value is -1.24. The predicted octanol–water partition coefficient (Wildman–Crippen LogP) is 0.311. The van der Waals surface area contributed by atoms with Crippen LogP contribution < -0.4 is 11.1 Å². The van der Waals surface area contributed by atoms with Crippen molar-refractivity contribution in [1.82, 2.24) is 15.3 Å². The van der Waals surface area contributed by atoms with Gasteiger partial charge in [-0.2, -0.15) is 0 Å². The van der Waals surface area contributed by atoms with Crippen LogP contribution in [0.3, 0.4) is 0 Å². The third-order valence-electron chi connectivity index (χ3n) is 3.52. The summed E-state index contributed by atoms with van der Waals surface area (Å²) in [5.74, 6) is -0.207. The molecule has 3 atom stereocenters. The van der Waals surface area contributed by atoms with E-state index in [0.29, 0.717) is 19.4 Å². The van der Waals surface area contributed by atoms with E-state index in [9.17, 15) is 9.90 Å². The van der Waals surface area contributed by atoms with Crippen LogP contribution >= 0.6 is 12.4 Å². The summed E-state index contributed by atoms with van der Waals surface area (Å²) in [6.45, 7) is 2.23. The van der Waals surface area contributed by atoms with E-state index < -0.39 is 6.10 Å². The van der Waals surface area contributed by atoms with Gasteiger partial charge in [0.15, 0.2) is 0 Å². The molecule has 1 aliphatic carbocycles. The lowest BCUT2D eigenvalue weighted by atomic mass is 9.84. The summed E-state index contributed by atoms with van der Waals surface area (Å²) < 4.78 is 0. The molecule has 2 rings (SSSR count). The number of rotatable bonds is 3. The van der Waals surface area contributed by atoms with Gasteiger partial charge in [-0.25, -0.2) is 0 Å². The lowest BCUT2D eigenvalue weighted by Gasteiger charge is -2.29. The first kappa shape index (κ1) is 16.8. The molecule has 1 heterocycles. The predicted molar refractivity (Wildman–Crippen MR) is 77.2 cm³/mol. The van der Waals surface area contributed by atoms with E-state index >= 15 is 0 Å². The van der Waals surface area contributed by atoms with Gasteiger partial charge in [-0.3, -0.25) is 14.8 Å². The molecule has 0 aromatic carbocycles. The van der Waals surface area contributed by atoms with Crippen molar-refractivity contribution in [2.75, 3.05) is 0 Å². The van der Waals surface area contributed by atoms with Crippen LogP contribution in [-0.2, 0) is 11.3 Å². The first-order valence-corrected chi connectivity index (χ1v) is 6.55. The number of hydrogen-bond donors (Lipinski definition) is 3. The van der Waals surface area contributed by atoms with Crippen LogP contribution in [0, 0.1) is 12.8 Å². The van der Waals surface area contributed by atoms with Crippen molar-refractivity contribution in [3.8, 4) is 0 Å². The van der Waals surface area contributed by atoms with E-state index in [-0.39, 0.29) is 30.3 Å². The largest absolute Gasteiger partial charge is 0.391 e. The molecule has 1 aromatic rings. The van der Waals surface area contributed by atoms with Crippen LogP contribution in [0.25, 0.3) is 0 Å². The molecule has 7 heteroatoms. The van der Waals surface area contributed by atoms with Crippen molar-refractivity contribution >= 4 is 18.3 Å². The normalized spacial score (nSPS) is 25.6. The fourth-order valence-corrected chi connectivity index (χ4v) is 2.24. The SMILES string of the molecule is Cc1cnc(CNC(=O)[C@H]2CC[C@@H](N)[C@H](O)C2)cn1.Cl. The third kappa shape index (κ3) is 4.40. The minimum atomic E-state index is -0.580. The zero-order chi connectivity index (χ0) is 13.8. The smallest absolute Gasteiger partial charge is 0.223 e. The van der Waals surface area contributed by atoms with Crippen LogP contribution in [0.2, 0.25) is 0 Å². The highest BCUT2D eigenvalue weighted by Crippen LogP contribution is 2.23. The maximum absolute atomic E-state index is 12.0. The number of nitrogens with two attached hydrogens (primary N) is 1. The molecule has 6 nitrogen and oxygen atoms in total. The van der Waals surface area contributed by atoms with Gasteiger partial charge in [0, 0.05) is 18.2 Å². The third-order valence-corrected chi connectivity index (χ3v) is 3.52. The first-order valence-electron chi connectivity index (χ1n) is 6.55. The van der Waals surface area contributed by atoms with Crippen molar-refractivity contribution in [3.05, 3.63) is 23.8 Å². The Balaban J connectivity index is 0.00000200. The van der Waals surface area contributed by atoms with Crippen LogP contribution in [-0.4, -0.2) is 33.1 Å². The summed E-state index contributed by atoms with van der Waals surface area (Å²) in [5, 5.41) is 12.5. The first-order chi connectivity index (χ1) is 9.06. The zero-order valence-electron chi connectivity index (χ0n) is 11.5. The monoisotopic (exact) mass is 300 g/mol. The number of hydrogen-bond acceptors (Lipinski definition) is 5. The standard InChI is InChI=1S/C13H20N4O2.ClH/c1-8-5-16-10(6-15-8)7-17-13(19)9-2-3-11(14)12(18)4-9;/h5-6,9,11-12,18H,2-4,7,14H2,1H3,(H,17,19);1H/t9-,11+,12+;/m0./s1. The fraction of sp³-hybridized carbons (Fsp3) is 0.615. The van der Waals surface area contributed by atoms with Crippen LogP contribution in [0.1, 0.15) is 30.7 Å². The van der Waals surface area contributed by atoms with Gasteiger partial charge in [0.1, 0.15) is 0 Å². The second-order valence-corrected chi connectivity index (χ2v) is 5.11. The Kier molecular flexibility index (Phi) is 6.32. The molecule has 1 aliphatic rings. The molecule has 4 N–H and O–H groups in total. The quantitative estimate of drug-likeness (QED) is 0.746. The average molecular weight is 301 g/mol. The topological polar surface area (TPSA) is 101 Å². The lowest BCUT2D eigenvalue weighted by molar-refractivity contribution is -0.127. The summed E-state index contributed by atoms with van der Waals surface area (Å²) >= 11 is 0. The number of aryl methyl sites for hydroxylation is 1. The molecule has 1 amide bonds. The van der Waals surface area contributed by atoms with Gasteiger partial charge in [-0.15, -0.1) is 12.4 Å². The second kappa shape index (κ2) is 7.52. The molecule has 112 valence electrons. The van der Waals surface area contributed by atoms with E-state index in [1.54, 1.807) is 12.4 Å². The molecule has 0 bridgehead atoms. The Morgan fingerprint density at radius 2 is 2.20 bits per heavy atom. The molecular formula is C13H21ClN4O2. The van der Waals surface area contributed by atoms with E-state index in [1.807, 2.05) is 6.92 Å². The molecule has 1 fully saturated rings. The van der Waals surface area contributed by atoms with Crippen LogP contribution in [0.5, 0.6) is 0 Å². The maximum atomic E-state index is 12.0. The number of halogens is 1. The highest BCUT2D eigenvalue weighted by atomic mass is 35.5. The number of carbonyl (C=O) groups is 1. The van der Waals surface area contributed by atoms with E-state index in [4.69, 9.17) is 5.73 Å². The number of aromatic nitrogens is 2. The molecule has 0 aliphatic heterocycles. The molecule has 0 unspecified atom stereocenters. The van der Waals surface area contributed by atoms with Gasteiger partial charge in [0.2, 0.25) is 5.91 Å². The van der Waals surface area contributed by atoms with E-state index in [1.165, 1.54) is 0 Å². The Morgan fingerprint density at radius 1 is 1.45 bits per heavy atom. The van der Waals surface area contributed by atoms with Crippen molar-refractivity contribution in [3.63, 3.8) is 0 Å². The molecule has 0 spiro atoms. The fourth-order valence-electron chi connectivity index (χ4n) is 2.24. The maximum Gasteiger partial charge on any atom is 0.223 e. The Bertz CT molecular complexity index is 441. The van der Waals surface area contributed by atoms with Crippen LogP contribution in [0.4, 0.5) is 0 Å².